The maximum Gasteiger partial charge on any atom is 0.303 e. The van der Waals surface area contributed by atoms with Crippen molar-refractivity contribution in [2.75, 3.05) is 6.54 Å². The van der Waals surface area contributed by atoms with Crippen molar-refractivity contribution in [2.45, 2.75) is 12.8 Å². The zero-order valence-corrected chi connectivity index (χ0v) is 12.3. The molecule has 3 rings (SSSR count). The van der Waals surface area contributed by atoms with Crippen LogP contribution in [0.1, 0.15) is 39.1 Å². The van der Waals surface area contributed by atoms with Gasteiger partial charge in [0.2, 0.25) is 0 Å². The average Bonchev–Trinajstić information content (AvgIpc) is 2.85. The smallest absolute Gasteiger partial charge is 0.303 e. The van der Waals surface area contributed by atoms with Crippen molar-refractivity contribution in [3.05, 3.63) is 59.2 Å². The third-order valence-electron chi connectivity index (χ3n) is 3.85. The molecule has 5 nitrogen and oxygen atoms in total. The topological polar surface area (TPSA) is 83.5 Å². The summed E-state index contributed by atoms with van der Waals surface area (Å²) in [6.07, 6.45) is 0.375. The van der Waals surface area contributed by atoms with Crippen LogP contribution in [0.2, 0.25) is 0 Å². The van der Waals surface area contributed by atoms with E-state index in [1.165, 1.54) is 0 Å². The van der Waals surface area contributed by atoms with Gasteiger partial charge in [0, 0.05) is 35.2 Å². The Kier molecular flexibility index (Phi) is 3.93. The largest absolute Gasteiger partial charge is 0.481 e. The Labute approximate surface area is 133 Å². The Hall–Kier alpha value is -2.95. The molecule has 1 aliphatic carbocycles. The lowest BCUT2D eigenvalue weighted by atomic mass is 9.99. The molecule has 0 unspecified atom stereocenters. The normalized spacial score (nSPS) is 11.7. The number of hydrogen-bond acceptors (Lipinski definition) is 3. The van der Waals surface area contributed by atoms with Gasteiger partial charge in [0.25, 0.3) is 5.91 Å². The Morgan fingerprint density at radius 2 is 1.65 bits per heavy atom. The van der Waals surface area contributed by atoms with Crippen LogP contribution in [0.3, 0.4) is 0 Å². The van der Waals surface area contributed by atoms with E-state index < -0.39 is 5.97 Å². The van der Waals surface area contributed by atoms with Gasteiger partial charge in [0.1, 0.15) is 0 Å². The van der Waals surface area contributed by atoms with Crippen LogP contribution in [-0.4, -0.2) is 29.3 Å². The molecule has 0 fully saturated rings. The van der Waals surface area contributed by atoms with Crippen LogP contribution in [0.15, 0.2) is 42.5 Å². The van der Waals surface area contributed by atoms with E-state index in [0.29, 0.717) is 28.7 Å². The molecule has 0 saturated carbocycles. The van der Waals surface area contributed by atoms with Gasteiger partial charge in [-0.2, -0.15) is 0 Å². The first-order chi connectivity index (χ1) is 11.1. The molecule has 0 radical (unpaired) electrons. The van der Waals surface area contributed by atoms with E-state index in [2.05, 4.69) is 5.32 Å². The van der Waals surface area contributed by atoms with E-state index in [1.807, 2.05) is 12.1 Å². The quantitative estimate of drug-likeness (QED) is 0.709. The third-order valence-corrected chi connectivity index (χ3v) is 3.85. The minimum atomic E-state index is -0.889. The highest BCUT2D eigenvalue weighted by atomic mass is 16.4. The fourth-order valence-electron chi connectivity index (χ4n) is 2.80. The molecule has 2 N–H and O–H groups in total. The highest BCUT2D eigenvalue weighted by molar-refractivity contribution is 6.24. The third kappa shape index (κ3) is 2.73. The summed E-state index contributed by atoms with van der Waals surface area (Å²) in [6.45, 7) is 0.282. The SMILES string of the molecule is O=C(O)CCCNC(=O)c1cccc2c1-c1ccccc1C2=O. The van der Waals surface area contributed by atoms with Gasteiger partial charge >= 0.3 is 5.97 Å². The lowest BCUT2D eigenvalue weighted by Crippen LogP contribution is -2.25. The number of ketones is 1. The zero-order chi connectivity index (χ0) is 16.4. The van der Waals surface area contributed by atoms with Crippen LogP contribution in [0.4, 0.5) is 0 Å². The molecule has 0 atom stereocenters. The van der Waals surface area contributed by atoms with Crippen molar-refractivity contribution in [1.29, 1.82) is 0 Å². The van der Waals surface area contributed by atoms with Crippen LogP contribution >= 0.6 is 0 Å². The molecule has 5 heteroatoms. The van der Waals surface area contributed by atoms with Gasteiger partial charge in [0.05, 0.1) is 0 Å². The molecular formula is C18H15NO4. The summed E-state index contributed by atoms with van der Waals surface area (Å²) in [5.41, 5.74) is 3.00. The molecule has 0 bridgehead atoms. The minimum Gasteiger partial charge on any atom is -0.481 e. The molecule has 116 valence electrons. The molecule has 0 aromatic heterocycles. The summed E-state index contributed by atoms with van der Waals surface area (Å²) in [5.74, 6) is -1.26. The van der Waals surface area contributed by atoms with E-state index in [4.69, 9.17) is 5.11 Å². The Morgan fingerprint density at radius 1 is 0.957 bits per heavy atom. The molecule has 1 aliphatic rings. The van der Waals surface area contributed by atoms with E-state index >= 15 is 0 Å². The molecular weight excluding hydrogens is 294 g/mol. The predicted octanol–water partition coefficient (Wildman–Crippen LogP) is 2.49. The van der Waals surface area contributed by atoms with Crippen molar-refractivity contribution >= 4 is 17.7 Å². The highest BCUT2D eigenvalue weighted by Crippen LogP contribution is 2.38. The number of nitrogens with one attached hydrogen (secondary N) is 1. The average molecular weight is 309 g/mol. The molecule has 0 spiro atoms. The Morgan fingerprint density at radius 3 is 2.39 bits per heavy atom. The Balaban J connectivity index is 1.88. The van der Waals surface area contributed by atoms with Crippen molar-refractivity contribution in [2.24, 2.45) is 0 Å². The summed E-state index contributed by atoms with van der Waals surface area (Å²) in [7, 11) is 0. The number of amides is 1. The van der Waals surface area contributed by atoms with Crippen molar-refractivity contribution in [3.63, 3.8) is 0 Å². The summed E-state index contributed by atoms with van der Waals surface area (Å²) in [4.78, 5) is 35.3. The van der Waals surface area contributed by atoms with Crippen LogP contribution < -0.4 is 5.32 Å². The van der Waals surface area contributed by atoms with Crippen LogP contribution in [-0.2, 0) is 4.79 Å². The zero-order valence-electron chi connectivity index (χ0n) is 12.3. The number of fused-ring (bicyclic) bond motifs is 3. The number of carbonyl (C=O) groups excluding carboxylic acids is 2. The number of benzene rings is 2. The lowest BCUT2D eigenvalue weighted by molar-refractivity contribution is -0.137. The second-order valence-electron chi connectivity index (χ2n) is 5.36. The maximum absolute atomic E-state index is 12.4. The maximum atomic E-state index is 12.4. The van der Waals surface area contributed by atoms with E-state index in [1.54, 1.807) is 30.3 Å². The van der Waals surface area contributed by atoms with Gasteiger partial charge in [-0.05, 0) is 18.1 Å². The fourth-order valence-corrected chi connectivity index (χ4v) is 2.80. The molecule has 1 amide bonds. The van der Waals surface area contributed by atoms with Crippen LogP contribution in [0.25, 0.3) is 11.1 Å². The van der Waals surface area contributed by atoms with Gasteiger partial charge in [-0.1, -0.05) is 36.4 Å². The lowest BCUT2D eigenvalue weighted by Gasteiger charge is -2.09. The Bertz CT molecular complexity index is 810. The monoisotopic (exact) mass is 309 g/mol. The van der Waals surface area contributed by atoms with Crippen molar-refractivity contribution in [3.8, 4) is 11.1 Å². The number of aliphatic carboxylic acids is 1. The van der Waals surface area contributed by atoms with Gasteiger partial charge in [-0.25, -0.2) is 0 Å². The first-order valence-corrected chi connectivity index (χ1v) is 7.36. The van der Waals surface area contributed by atoms with Crippen molar-refractivity contribution < 1.29 is 19.5 Å². The first kappa shape index (κ1) is 15.0. The number of hydrogen-bond donors (Lipinski definition) is 2. The number of carboxylic acids is 1. The molecule has 0 aliphatic heterocycles. The van der Waals surface area contributed by atoms with Gasteiger partial charge in [0.15, 0.2) is 5.78 Å². The number of carboxylic acid groups (broad SMARTS) is 1. The standard InChI is InChI=1S/C18H15NO4/c20-15(21)9-4-10-19-18(23)14-8-3-7-13-16(14)11-5-1-2-6-12(11)17(13)22/h1-3,5-8H,4,9-10H2,(H,19,23)(H,20,21). The minimum absolute atomic E-state index is 0.00843. The molecule has 23 heavy (non-hydrogen) atoms. The molecule has 0 heterocycles. The van der Waals surface area contributed by atoms with Crippen LogP contribution in [0, 0.1) is 0 Å². The number of rotatable bonds is 5. The van der Waals surface area contributed by atoms with Crippen molar-refractivity contribution in [1.82, 2.24) is 5.32 Å². The fraction of sp³-hybridized carbons (Fsp3) is 0.167. The van der Waals surface area contributed by atoms with E-state index in [-0.39, 0.29) is 24.7 Å². The number of carbonyl (C=O) groups is 3. The van der Waals surface area contributed by atoms with Gasteiger partial charge in [-0.3, -0.25) is 14.4 Å². The molecule has 0 saturated heterocycles. The van der Waals surface area contributed by atoms with Crippen LogP contribution in [0.5, 0.6) is 0 Å². The predicted molar refractivity (Wildman–Crippen MR) is 84.5 cm³/mol. The van der Waals surface area contributed by atoms with E-state index in [0.717, 1.165) is 5.56 Å². The second-order valence-corrected chi connectivity index (χ2v) is 5.36. The van der Waals surface area contributed by atoms with Gasteiger partial charge < -0.3 is 10.4 Å². The second kappa shape index (κ2) is 6.04. The summed E-state index contributed by atoms with van der Waals surface area (Å²) < 4.78 is 0. The highest BCUT2D eigenvalue weighted by Gasteiger charge is 2.29. The summed E-state index contributed by atoms with van der Waals surface area (Å²) in [5, 5.41) is 11.3. The molecule has 2 aromatic carbocycles. The summed E-state index contributed by atoms with van der Waals surface area (Å²) in [6, 6.07) is 12.3. The summed E-state index contributed by atoms with van der Waals surface area (Å²) >= 11 is 0. The first-order valence-electron chi connectivity index (χ1n) is 7.36. The molecule has 2 aromatic rings. The van der Waals surface area contributed by atoms with Gasteiger partial charge in [-0.15, -0.1) is 0 Å². The van der Waals surface area contributed by atoms with E-state index in [9.17, 15) is 14.4 Å².